The van der Waals surface area contributed by atoms with Gasteiger partial charge in [0.15, 0.2) is 5.96 Å². The zero-order valence-electron chi connectivity index (χ0n) is 16.4. The van der Waals surface area contributed by atoms with Gasteiger partial charge in [0, 0.05) is 45.7 Å². The molecule has 3 N–H and O–H groups in total. The number of hydrogen-bond acceptors (Lipinski definition) is 5. The Hall–Kier alpha value is -0.980. The molecule has 1 aromatic rings. The Morgan fingerprint density at radius 3 is 2.64 bits per heavy atom. The molecule has 1 aromatic heterocycles. The fourth-order valence-electron chi connectivity index (χ4n) is 2.94. The van der Waals surface area contributed by atoms with Crippen LogP contribution in [0.15, 0.2) is 34.4 Å². The number of aromatic nitrogens is 1. The van der Waals surface area contributed by atoms with E-state index >= 15 is 0 Å². The molecule has 1 fully saturated rings. The summed E-state index contributed by atoms with van der Waals surface area (Å²) >= 11 is 0. The lowest BCUT2D eigenvalue weighted by molar-refractivity contribution is 0.0277. The second-order valence-corrected chi connectivity index (χ2v) is 8.26. The van der Waals surface area contributed by atoms with E-state index in [1.54, 1.807) is 13.1 Å². The van der Waals surface area contributed by atoms with Gasteiger partial charge in [-0.25, -0.2) is 13.1 Å². The lowest BCUT2D eigenvalue weighted by Gasteiger charge is -2.22. The van der Waals surface area contributed by atoms with Crippen molar-refractivity contribution in [3.8, 4) is 0 Å². The Bertz CT molecular complexity index is 667. The predicted molar refractivity (Wildman–Crippen MR) is 122 cm³/mol. The summed E-state index contributed by atoms with van der Waals surface area (Å²) in [4.78, 5) is 8.12. The van der Waals surface area contributed by atoms with Crippen molar-refractivity contribution in [2.75, 3.05) is 33.3 Å². The molecule has 0 aliphatic heterocycles. The zero-order valence-corrected chi connectivity index (χ0v) is 19.5. The summed E-state index contributed by atoms with van der Waals surface area (Å²) in [7, 11) is -1.84. The van der Waals surface area contributed by atoms with Gasteiger partial charge in [-0.3, -0.25) is 9.98 Å². The van der Waals surface area contributed by atoms with Crippen molar-refractivity contribution in [3.05, 3.63) is 24.5 Å². The number of halogens is 1. The molecule has 0 unspecified atom stereocenters. The molecule has 160 valence electrons. The molecule has 28 heavy (non-hydrogen) atoms. The minimum Gasteiger partial charge on any atom is -0.378 e. The lowest BCUT2D eigenvalue weighted by Crippen LogP contribution is -2.42. The first-order valence-corrected chi connectivity index (χ1v) is 11.1. The van der Waals surface area contributed by atoms with Crippen molar-refractivity contribution in [2.45, 2.75) is 49.5 Å². The maximum atomic E-state index is 12.1. The summed E-state index contributed by atoms with van der Waals surface area (Å²) in [5, 5.41) is 6.30. The van der Waals surface area contributed by atoms with Crippen LogP contribution in [0.4, 0.5) is 0 Å². The van der Waals surface area contributed by atoms with Crippen molar-refractivity contribution in [2.24, 2.45) is 4.99 Å². The Kier molecular flexibility index (Phi) is 12.6. The van der Waals surface area contributed by atoms with E-state index < -0.39 is 10.0 Å². The fraction of sp³-hybridized carbons (Fsp3) is 0.667. The van der Waals surface area contributed by atoms with Gasteiger partial charge in [0.05, 0.1) is 6.10 Å². The van der Waals surface area contributed by atoms with Crippen LogP contribution in [-0.4, -0.2) is 58.8 Å². The highest BCUT2D eigenvalue weighted by Crippen LogP contribution is 2.20. The summed E-state index contributed by atoms with van der Waals surface area (Å²) in [5.41, 5.74) is 0. The van der Waals surface area contributed by atoms with Crippen LogP contribution in [-0.2, 0) is 14.8 Å². The van der Waals surface area contributed by atoms with Gasteiger partial charge in [-0.05, 0) is 31.4 Å². The molecule has 2 rings (SSSR count). The molecule has 0 atom stereocenters. The number of nitrogens with one attached hydrogen (secondary N) is 3. The van der Waals surface area contributed by atoms with Crippen LogP contribution in [0.1, 0.15) is 38.5 Å². The molecule has 0 saturated heterocycles. The van der Waals surface area contributed by atoms with E-state index in [1.165, 1.54) is 50.6 Å². The van der Waals surface area contributed by atoms with Crippen LogP contribution in [0.2, 0.25) is 0 Å². The quantitative estimate of drug-likeness (QED) is 0.187. The number of hydrogen-bond donors (Lipinski definition) is 3. The van der Waals surface area contributed by atoms with Crippen molar-refractivity contribution >= 4 is 40.0 Å². The van der Waals surface area contributed by atoms with Crippen molar-refractivity contribution in [1.29, 1.82) is 0 Å². The van der Waals surface area contributed by atoms with Gasteiger partial charge in [-0.2, -0.15) is 0 Å². The first-order valence-electron chi connectivity index (χ1n) is 9.57. The topological polar surface area (TPSA) is 105 Å². The van der Waals surface area contributed by atoms with Crippen LogP contribution in [0.5, 0.6) is 0 Å². The summed E-state index contributed by atoms with van der Waals surface area (Å²) in [5.74, 6) is 0.647. The number of nitrogens with zero attached hydrogens (tertiary/aromatic N) is 2. The minimum atomic E-state index is -3.53. The first-order chi connectivity index (χ1) is 13.1. The minimum absolute atomic E-state index is 0. The largest absolute Gasteiger partial charge is 0.378 e. The number of guanidine groups is 1. The van der Waals surface area contributed by atoms with Crippen LogP contribution in [0.3, 0.4) is 0 Å². The van der Waals surface area contributed by atoms with E-state index in [2.05, 4.69) is 25.3 Å². The van der Waals surface area contributed by atoms with Gasteiger partial charge in [-0.1, -0.05) is 19.3 Å². The molecule has 1 aliphatic rings. The number of ether oxygens (including phenoxy) is 1. The fourth-order valence-corrected chi connectivity index (χ4v) is 3.93. The third-order valence-corrected chi connectivity index (χ3v) is 5.84. The lowest BCUT2D eigenvalue weighted by atomic mass is 9.98. The molecule has 0 amide bonds. The van der Waals surface area contributed by atoms with E-state index in [0.717, 1.165) is 19.6 Å². The highest BCUT2D eigenvalue weighted by molar-refractivity contribution is 14.0. The van der Waals surface area contributed by atoms with Gasteiger partial charge in [0.1, 0.15) is 4.90 Å². The molecule has 0 bridgehead atoms. The van der Waals surface area contributed by atoms with E-state index in [9.17, 15) is 8.42 Å². The molecule has 1 saturated carbocycles. The second kappa shape index (κ2) is 14.1. The monoisotopic (exact) mass is 525 g/mol. The third-order valence-electron chi connectivity index (χ3n) is 4.40. The highest BCUT2D eigenvalue weighted by Gasteiger charge is 2.14. The molecular formula is C18H32IN5O3S. The van der Waals surface area contributed by atoms with E-state index in [1.807, 2.05) is 0 Å². The molecule has 1 aliphatic carbocycles. The van der Waals surface area contributed by atoms with Gasteiger partial charge in [-0.15, -0.1) is 24.0 Å². The van der Waals surface area contributed by atoms with Crippen LogP contribution < -0.4 is 15.4 Å². The average Bonchev–Trinajstić information content (AvgIpc) is 2.70. The second-order valence-electron chi connectivity index (χ2n) is 6.50. The van der Waals surface area contributed by atoms with Crippen LogP contribution >= 0.6 is 24.0 Å². The zero-order chi connectivity index (χ0) is 19.4. The third kappa shape index (κ3) is 9.48. The van der Waals surface area contributed by atoms with E-state index in [0.29, 0.717) is 18.6 Å². The number of sulfonamides is 1. The average molecular weight is 525 g/mol. The molecule has 10 heteroatoms. The number of rotatable bonds is 10. The maximum absolute atomic E-state index is 12.1. The van der Waals surface area contributed by atoms with Crippen molar-refractivity contribution in [1.82, 2.24) is 20.3 Å². The number of aliphatic imine (C=N–C) groups is 1. The van der Waals surface area contributed by atoms with Gasteiger partial charge < -0.3 is 15.4 Å². The predicted octanol–water partition coefficient (Wildman–Crippen LogP) is 1.88. The molecule has 8 nitrogen and oxygen atoms in total. The van der Waals surface area contributed by atoms with Gasteiger partial charge in [0.25, 0.3) is 0 Å². The Labute approximate surface area is 185 Å². The van der Waals surface area contributed by atoms with E-state index in [4.69, 9.17) is 4.74 Å². The maximum Gasteiger partial charge on any atom is 0.242 e. The van der Waals surface area contributed by atoms with Crippen molar-refractivity contribution < 1.29 is 13.2 Å². The van der Waals surface area contributed by atoms with Gasteiger partial charge in [0.2, 0.25) is 10.0 Å². The number of pyridine rings is 1. The standard InChI is InChI=1S/C18H31N5O3S.HI/c1-19-18(21-11-6-14-26-16-7-3-2-4-8-16)22-12-13-23-27(24,25)17-9-5-10-20-15-17;/h5,9-10,15-16,23H,2-4,6-8,11-14H2,1H3,(H2,19,21,22);1H. The summed E-state index contributed by atoms with van der Waals surface area (Å²) in [6.07, 6.45) is 10.5. The summed E-state index contributed by atoms with van der Waals surface area (Å²) in [6, 6.07) is 3.11. The van der Waals surface area contributed by atoms with Gasteiger partial charge >= 0.3 is 0 Å². The Balaban J connectivity index is 0.00000392. The Morgan fingerprint density at radius 2 is 1.96 bits per heavy atom. The SMILES string of the molecule is CN=C(NCCCOC1CCCCC1)NCCNS(=O)(=O)c1cccnc1.I. The van der Waals surface area contributed by atoms with Crippen molar-refractivity contribution in [3.63, 3.8) is 0 Å². The smallest absolute Gasteiger partial charge is 0.242 e. The van der Waals surface area contributed by atoms with Crippen LogP contribution in [0, 0.1) is 0 Å². The summed E-state index contributed by atoms with van der Waals surface area (Å²) < 4.78 is 32.6. The Morgan fingerprint density at radius 1 is 1.21 bits per heavy atom. The molecule has 0 aromatic carbocycles. The van der Waals surface area contributed by atoms with E-state index in [-0.39, 0.29) is 35.4 Å². The normalized spacial score (nSPS) is 15.7. The highest BCUT2D eigenvalue weighted by atomic mass is 127. The molecule has 0 spiro atoms. The molecular weight excluding hydrogens is 493 g/mol. The summed E-state index contributed by atoms with van der Waals surface area (Å²) in [6.45, 7) is 2.19. The van der Waals surface area contributed by atoms with Crippen LogP contribution in [0.25, 0.3) is 0 Å². The molecule has 1 heterocycles. The molecule has 0 radical (unpaired) electrons. The first kappa shape index (κ1) is 25.1.